The Labute approximate surface area is 165 Å². The zero-order valence-electron chi connectivity index (χ0n) is 16.3. The molecule has 0 aromatic heterocycles. The van der Waals surface area contributed by atoms with Crippen LogP contribution in [0.25, 0.3) is 11.1 Å². The van der Waals surface area contributed by atoms with Gasteiger partial charge in [-0.3, -0.25) is 9.59 Å². The maximum atomic E-state index is 12.8. The van der Waals surface area contributed by atoms with Crippen molar-refractivity contribution in [2.75, 3.05) is 33.4 Å². The first kappa shape index (κ1) is 19.9. The van der Waals surface area contributed by atoms with E-state index in [1.54, 1.807) is 7.05 Å². The van der Waals surface area contributed by atoms with Crippen molar-refractivity contribution in [3.63, 3.8) is 0 Å². The summed E-state index contributed by atoms with van der Waals surface area (Å²) in [5, 5.41) is 2.54. The second-order valence-corrected chi connectivity index (χ2v) is 6.82. The molecule has 2 aromatic rings. The Hall–Kier alpha value is -2.86. The predicted molar refractivity (Wildman–Crippen MR) is 107 cm³/mol. The predicted octanol–water partition coefficient (Wildman–Crippen LogP) is 2.73. The molecule has 1 aliphatic heterocycles. The monoisotopic (exact) mass is 382 g/mol. The van der Waals surface area contributed by atoms with Crippen LogP contribution in [0, 0.1) is 0 Å². The van der Waals surface area contributed by atoms with Crippen LogP contribution in [0.4, 0.5) is 0 Å². The van der Waals surface area contributed by atoms with Gasteiger partial charge in [-0.2, -0.15) is 0 Å². The minimum Gasteiger partial charge on any atom is -0.483 e. The van der Waals surface area contributed by atoms with Gasteiger partial charge in [0, 0.05) is 37.9 Å². The highest BCUT2D eigenvalue weighted by molar-refractivity contribution is 5.95. The lowest BCUT2D eigenvalue weighted by Crippen LogP contribution is -2.35. The van der Waals surface area contributed by atoms with Gasteiger partial charge in [0.25, 0.3) is 11.8 Å². The van der Waals surface area contributed by atoms with E-state index < -0.39 is 0 Å². The van der Waals surface area contributed by atoms with Gasteiger partial charge in [-0.15, -0.1) is 0 Å². The Kier molecular flexibility index (Phi) is 6.66. The lowest BCUT2D eigenvalue weighted by Gasteiger charge is -2.22. The number of likely N-dealkylation sites (N-methyl/N-ethyl adjacent to an activating group) is 1. The normalized spacial score (nSPS) is 16.9. The molecule has 1 heterocycles. The molecule has 0 bridgehead atoms. The molecule has 1 atom stereocenters. The summed E-state index contributed by atoms with van der Waals surface area (Å²) in [6.07, 6.45) is 0.902. The standard InChI is InChI=1S/C22H26N2O4/c1-16-14-24(12-5-13-27-16)22(26)18-10-8-17(9-11-18)19-6-3-4-7-20(19)28-15-21(25)23-2/h3-4,6-11,16H,5,12-15H2,1-2H3,(H,23,25)/t16-/m1/s1. The van der Waals surface area contributed by atoms with Gasteiger partial charge in [0.05, 0.1) is 6.10 Å². The summed E-state index contributed by atoms with van der Waals surface area (Å²) in [6.45, 7) is 3.96. The Morgan fingerprint density at radius 3 is 2.68 bits per heavy atom. The molecule has 0 spiro atoms. The summed E-state index contributed by atoms with van der Waals surface area (Å²) < 4.78 is 11.3. The number of carbonyl (C=O) groups excluding carboxylic acids is 2. The van der Waals surface area contributed by atoms with Crippen LogP contribution in [0.1, 0.15) is 23.7 Å². The first-order chi connectivity index (χ1) is 13.6. The maximum Gasteiger partial charge on any atom is 0.257 e. The number of nitrogens with zero attached hydrogens (tertiary/aromatic N) is 1. The van der Waals surface area contributed by atoms with Crippen molar-refractivity contribution in [3.8, 4) is 16.9 Å². The topological polar surface area (TPSA) is 67.9 Å². The van der Waals surface area contributed by atoms with E-state index in [2.05, 4.69) is 5.32 Å². The Morgan fingerprint density at radius 2 is 1.93 bits per heavy atom. The van der Waals surface area contributed by atoms with E-state index in [9.17, 15) is 9.59 Å². The van der Waals surface area contributed by atoms with E-state index in [4.69, 9.17) is 9.47 Å². The highest BCUT2D eigenvalue weighted by Gasteiger charge is 2.21. The highest BCUT2D eigenvalue weighted by atomic mass is 16.5. The van der Waals surface area contributed by atoms with Crippen molar-refractivity contribution in [1.29, 1.82) is 0 Å². The molecule has 1 fully saturated rings. The van der Waals surface area contributed by atoms with E-state index in [1.165, 1.54) is 0 Å². The Morgan fingerprint density at radius 1 is 1.18 bits per heavy atom. The zero-order valence-corrected chi connectivity index (χ0v) is 16.3. The zero-order chi connectivity index (χ0) is 19.9. The second kappa shape index (κ2) is 9.37. The molecular formula is C22H26N2O4. The average molecular weight is 382 g/mol. The lowest BCUT2D eigenvalue weighted by molar-refractivity contribution is -0.122. The van der Waals surface area contributed by atoms with Crippen LogP contribution in [-0.4, -0.2) is 56.2 Å². The number of ether oxygens (including phenoxy) is 2. The lowest BCUT2D eigenvalue weighted by atomic mass is 10.0. The molecule has 3 rings (SSSR count). The molecule has 2 amide bonds. The van der Waals surface area contributed by atoms with Crippen molar-refractivity contribution in [1.82, 2.24) is 10.2 Å². The minimum absolute atomic E-state index is 0.0213. The van der Waals surface area contributed by atoms with Gasteiger partial charge < -0.3 is 19.7 Å². The molecule has 0 unspecified atom stereocenters. The summed E-state index contributed by atoms with van der Waals surface area (Å²) in [7, 11) is 1.57. The molecule has 6 heteroatoms. The molecule has 6 nitrogen and oxygen atoms in total. The third-order valence-corrected chi connectivity index (χ3v) is 4.71. The van der Waals surface area contributed by atoms with Crippen molar-refractivity contribution in [2.24, 2.45) is 0 Å². The SMILES string of the molecule is CNC(=O)COc1ccccc1-c1ccc(C(=O)N2CCCO[C@H](C)C2)cc1. The average Bonchev–Trinajstić information content (AvgIpc) is 2.96. The number of hydrogen-bond acceptors (Lipinski definition) is 4. The van der Waals surface area contributed by atoms with Crippen LogP contribution in [0.5, 0.6) is 5.75 Å². The number of carbonyl (C=O) groups is 2. The molecule has 1 aliphatic rings. The third kappa shape index (κ3) is 4.89. The van der Waals surface area contributed by atoms with Crippen LogP contribution in [0.2, 0.25) is 0 Å². The van der Waals surface area contributed by atoms with Crippen molar-refractivity contribution >= 4 is 11.8 Å². The van der Waals surface area contributed by atoms with Crippen molar-refractivity contribution in [2.45, 2.75) is 19.4 Å². The fraction of sp³-hybridized carbons (Fsp3) is 0.364. The molecule has 0 saturated carbocycles. The van der Waals surface area contributed by atoms with E-state index in [-0.39, 0.29) is 24.5 Å². The molecule has 148 valence electrons. The maximum absolute atomic E-state index is 12.8. The van der Waals surface area contributed by atoms with Crippen LogP contribution in [0.15, 0.2) is 48.5 Å². The van der Waals surface area contributed by atoms with Crippen LogP contribution < -0.4 is 10.1 Å². The van der Waals surface area contributed by atoms with Gasteiger partial charge >= 0.3 is 0 Å². The molecular weight excluding hydrogens is 356 g/mol. The Balaban J connectivity index is 1.76. The van der Waals surface area contributed by atoms with Gasteiger partial charge in [-0.05, 0) is 37.1 Å². The first-order valence-electron chi connectivity index (χ1n) is 9.52. The fourth-order valence-electron chi connectivity index (χ4n) is 3.20. The highest BCUT2D eigenvalue weighted by Crippen LogP contribution is 2.30. The van der Waals surface area contributed by atoms with Gasteiger partial charge in [-0.1, -0.05) is 30.3 Å². The quantitative estimate of drug-likeness (QED) is 0.863. The summed E-state index contributed by atoms with van der Waals surface area (Å²) in [4.78, 5) is 26.1. The van der Waals surface area contributed by atoms with E-state index in [0.29, 0.717) is 31.0 Å². The van der Waals surface area contributed by atoms with Gasteiger partial charge in [0.2, 0.25) is 0 Å². The van der Waals surface area contributed by atoms with Gasteiger partial charge in [-0.25, -0.2) is 0 Å². The second-order valence-electron chi connectivity index (χ2n) is 6.82. The summed E-state index contributed by atoms with van der Waals surface area (Å²) in [6, 6.07) is 15.0. The summed E-state index contributed by atoms with van der Waals surface area (Å²) in [5.41, 5.74) is 2.46. The van der Waals surface area contributed by atoms with Gasteiger partial charge in [0.1, 0.15) is 5.75 Å². The largest absolute Gasteiger partial charge is 0.483 e. The van der Waals surface area contributed by atoms with E-state index in [1.807, 2.05) is 60.4 Å². The molecule has 0 radical (unpaired) electrons. The molecule has 1 saturated heterocycles. The number of amides is 2. The smallest absolute Gasteiger partial charge is 0.257 e. The van der Waals surface area contributed by atoms with Crippen LogP contribution in [-0.2, 0) is 9.53 Å². The number of rotatable bonds is 5. The Bertz CT molecular complexity index is 820. The third-order valence-electron chi connectivity index (χ3n) is 4.71. The van der Waals surface area contributed by atoms with E-state index in [0.717, 1.165) is 17.5 Å². The number of hydrogen-bond donors (Lipinski definition) is 1. The number of para-hydroxylation sites is 1. The summed E-state index contributed by atoms with van der Waals surface area (Å²) >= 11 is 0. The van der Waals surface area contributed by atoms with Crippen molar-refractivity contribution < 1.29 is 19.1 Å². The van der Waals surface area contributed by atoms with Crippen LogP contribution >= 0.6 is 0 Å². The molecule has 2 aromatic carbocycles. The molecule has 28 heavy (non-hydrogen) atoms. The number of nitrogens with one attached hydrogen (secondary N) is 1. The van der Waals surface area contributed by atoms with E-state index >= 15 is 0 Å². The van der Waals surface area contributed by atoms with Crippen molar-refractivity contribution in [3.05, 3.63) is 54.1 Å². The molecule has 0 aliphatic carbocycles. The number of benzene rings is 2. The van der Waals surface area contributed by atoms with Gasteiger partial charge in [0.15, 0.2) is 6.61 Å². The minimum atomic E-state index is -0.189. The first-order valence-corrected chi connectivity index (χ1v) is 9.52. The van der Waals surface area contributed by atoms with Crippen LogP contribution in [0.3, 0.4) is 0 Å². The summed E-state index contributed by atoms with van der Waals surface area (Å²) in [5.74, 6) is 0.461. The fourth-order valence-corrected chi connectivity index (χ4v) is 3.20. The molecule has 1 N–H and O–H groups in total.